The van der Waals surface area contributed by atoms with Gasteiger partial charge < -0.3 is 10.1 Å². The molecule has 0 radical (unpaired) electrons. The number of nitrogens with zero attached hydrogens (tertiary/aromatic N) is 1. The SMILES string of the molecule is CNCc1nc(Oc2cc(C)ccc2F)ccc1Cl. The van der Waals surface area contributed by atoms with Gasteiger partial charge in [0.25, 0.3) is 0 Å². The maximum atomic E-state index is 13.6. The topological polar surface area (TPSA) is 34.2 Å². The Bertz CT molecular complexity index is 590. The molecule has 2 rings (SSSR count). The molecule has 0 aliphatic carbocycles. The predicted molar refractivity (Wildman–Crippen MR) is 73.2 cm³/mol. The van der Waals surface area contributed by atoms with Gasteiger partial charge in [0.2, 0.25) is 5.88 Å². The monoisotopic (exact) mass is 280 g/mol. The summed E-state index contributed by atoms with van der Waals surface area (Å²) in [5.41, 5.74) is 1.58. The first-order chi connectivity index (χ1) is 9.10. The van der Waals surface area contributed by atoms with Gasteiger partial charge in [-0.3, -0.25) is 0 Å². The van der Waals surface area contributed by atoms with Crippen LogP contribution in [0.1, 0.15) is 11.3 Å². The number of aromatic nitrogens is 1. The van der Waals surface area contributed by atoms with Gasteiger partial charge in [-0.25, -0.2) is 9.37 Å². The van der Waals surface area contributed by atoms with Gasteiger partial charge in [0.05, 0.1) is 10.7 Å². The summed E-state index contributed by atoms with van der Waals surface area (Å²) in [6.07, 6.45) is 0. The molecule has 2 aromatic rings. The Kier molecular flexibility index (Phi) is 4.35. The average Bonchev–Trinajstić information content (AvgIpc) is 2.38. The molecule has 1 aromatic heterocycles. The largest absolute Gasteiger partial charge is 0.436 e. The molecule has 0 aliphatic rings. The van der Waals surface area contributed by atoms with E-state index in [1.807, 2.05) is 6.92 Å². The van der Waals surface area contributed by atoms with E-state index in [0.29, 0.717) is 23.1 Å². The second-order valence-electron chi connectivity index (χ2n) is 4.14. The zero-order chi connectivity index (χ0) is 13.8. The van der Waals surface area contributed by atoms with E-state index in [1.54, 1.807) is 31.3 Å². The lowest BCUT2D eigenvalue weighted by molar-refractivity contribution is 0.425. The van der Waals surface area contributed by atoms with Crippen molar-refractivity contribution in [2.45, 2.75) is 13.5 Å². The Balaban J connectivity index is 2.28. The van der Waals surface area contributed by atoms with Crippen LogP contribution in [-0.2, 0) is 6.54 Å². The highest BCUT2D eigenvalue weighted by Gasteiger charge is 2.08. The van der Waals surface area contributed by atoms with Crippen LogP contribution < -0.4 is 10.1 Å². The maximum absolute atomic E-state index is 13.6. The van der Waals surface area contributed by atoms with Crippen molar-refractivity contribution in [3.8, 4) is 11.6 Å². The first kappa shape index (κ1) is 13.8. The molecule has 19 heavy (non-hydrogen) atoms. The summed E-state index contributed by atoms with van der Waals surface area (Å²) < 4.78 is 19.1. The first-order valence-electron chi connectivity index (χ1n) is 5.84. The van der Waals surface area contributed by atoms with E-state index in [9.17, 15) is 4.39 Å². The smallest absolute Gasteiger partial charge is 0.219 e. The molecule has 0 amide bonds. The Morgan fingerprint density at radius 3 is 2.84 bits per heavy atom. The van der Waals surface area contributed by atoms with Gasteiger partial charge in [0, 0.05) is 12.6 Å². The second-order valence-corrected chi connectivity index (χ2v) is 4.55. The molecule has 0 unspecified atom stereocenters. The van der Waals surface area contributed by atoms with Gasteiger partial charge in [-0.15, -0.1) is 0 Å². The Morgan fingerprint density at radius 2 is 2.11 bits per heavy atom. The summed E-state index contributed by atoms with van der Waals surface area (Å²) in [6, 6.07) is 7.98. The zero-order valence-corrected chi connectivity index (χ0v) is 11.5. The summed E-state index contributed by atoms with van der Waals surface area (Å²) in [6.45, 7) is 2.39. The lowest BCUT2D eigenvalue weighted by Gasteiger charge is -2.09. The molecule has 100 valence electrons. The van der Waals surface area contributed by atoms with Crippen LogP contribution >= 0.6 is 11.6 Å². The number of pyridine rings is 1. The average molecular weight is 281 g/mol. The number of aryl methyl sites for hydroxylation is 1. The summed E-state index contributed by atoms with van der Waals surface area (Å²) in [5, 5.41) is 3.51. The van der Waals surface area contributed by atoms with Gasteiger partial charge in [0.15, 0.2) is 11.6 Å². The summed E-state index contributed by atoms with van der Waals surface area (Å²) in [7, 11) is 1.80. The molecule has 1 N–H and O–H groups in total. The number of hydrogen-bond acceptors (Lipinski definition) is 3. The van der Waals surface area contributed by atoms with Crippen molar-refractivity contribution >= 4 is 11.6 Å². The number of ether oxygens (including phenoxy) is 1. The van der Waals surface area contributed by atoms with E-state index >= 15 is 0 Å². The van der Waals surface area contributed by atoms with Crippen LogP contribution in [0.15, 0.2) is 30.3 Å². The Morgan fingerprint density at radius 1 is 1.32 bits per heavy atom. The number of hydrogen-bond donors (Lipinski definition) is 1. The molecule has 0 fully saturated rings. The van der Waals surface area contributed by atoms with E-state index in [0.717, 1.165) is 5.56 Å². The van der Waals surface area contributed by atoms with E-state index in [-0.39, 0.29) is 5.75 Å². The highest BCUT2D eigenvalue weighted by Crippen LogP contribution is 2.26. The fraction of sp³-hybridized carbons (Fsp3) is 0.214. The minimum absolute atomic E-state index is 0.158. The molecule has 0 bridgehead atoms. The molecule has 0 spiro atoms. The number of halogens is 2. The normalized spacial score (nSPS) is 10.5. The Labute approximate surface area is 116 Å². The third-order valence-corrected chi connectivity index (χ3v) is 2.88. The highest BCUT2D eigenvalue weighted by atomic mass is 35.5. The molecule has 0 saturated carbocycles. The molecule has 1 aromatic carbocycles. The Hall–Kier alpha value is -1.65. The molecule has 0 atom stereocenters. The zero-order valence-electron chi connectivity index (χ0n) is 10.7. The first-order valence-corrected chi connectivity index (χ1v) is 6.22. The van der Waals surface area contributed by atoms with Crippen LogP contribution in [0.4, 0.5) is 4.39 Å². The quantitative estimate of drug-likeness (QED) is 0.927. The second kappa shape index (κ2) is 5.99. The standard InChI is InChI=1S/C14H14ClFN2O/c1-9-3-5-11(16)13(7-9)19-14-6-4-10(15)12(18-14)8-17-2/h3-7,17H,8H2,1-2H3. The molecule has 5 heteroatoms. The van der Waals surface area contributed by atoms with Gasteiger partial charge >= 0.3 is 0 Å². The van der Waals surface area contributed by atoms with Crippen molar-refractivity contribution in [2.24, 2.45) is 0 Å². The third kappa shape index (κ3) is 3.43. The number of nitrogens with one attached hydrogen (secondary N) is 1. The maximum Gasteiger partial charge on any atom is 0.219 e. The van der Waals surface area contributed by atoms with E-state index in [1.165, 1.54) is 6.07 Å². The van der Waals surface area contributed by atoms with Crippen LogP contribution in [0.5, 0.6) is 11.6 Å². The van der Waals surface area contributed by atoms with Crippen molar-refractivity contribution in [3.05, 3.63) is 52.4 Å². The summed E-state index contributed by atoms with van der Waals surface area (Å²) in [5.74, 6) is 0.0573. The fourth-order valence-electron chi connectivity index (χ4n) is 1.61. The van der Waals surface area contributed by atoms with E-state index in [4.69, 9.17) is 16.3 Å². The predicted octanol–water partition coefficient (Wildman–Crippen LogP) is 3.69. The van der Waals surface area contributed by atoms with Gasteiger partial charge in [-0.2, -0.15) is 0 Å². The van der Waals surface area contributed by atoms with E-state index in [2.05, 4.69) is 10.3 Å². The number of rotatable bonds is 4. The van der Waals surface area contributed by atoms with Crippen molar-refractivity contribution in [2.75, 3.05) is 7.05 Å². The molecule has 0 aliphatic heterocycles. The van der Waals surface area contributed by atoms with Crippen LogP contribution in [0.3, 0.4) is 0 Å². The summed E-state index contributed by atoms with van der Waals surface area (Å²) >= 11 is 6.00. The number of benzene rings is 1. The molecular weight excluding hydrogens is 267 g/mol. The van der Waals surface area contributed by atoms with Crippen LogP contribution in [0.25, 0.3) is 0 Å². The van der Waals surface area contributed by atoms with Crippen LogP contribution in [0, 0.1) is 12.7 Å². The van der Waals surface area contributed by atoms with Crippen LogP contribution in [-0.4, -0.2) is 12.0 Å². The third-order valence-electron chi connectivity index (χ3n) is 2.54. The highest BCUT2D eigenvalue weighted by molar-refractivity contribution is 6.31. The minimum atomic E-state index is -0.419. The van der Waals surface area contributed by atoms with Crippen molar-refractivity contribution in [1.29, 1.82) is 0 Å². The molecular formula is C14H14ClFN2O. The van der Waals surface area contributed by atoms with Crippen LogP contribution in [0.2, 0.25) is 5.02 Å². The fourth-order valence-corrected chi connectivity index (χ4v) is 1.79. The van der Waals surface area contributed by atoms with Crippen molar-refractivity contribution in [3.63, 3.8) is 0 Å². The van der Waals surface area contributed by atoms with Gasteiger partial charge in [0.1, 0.15) is 0 Å². The molecule has 3 nitrogen and oxygen atoms in total. The summed E-state index contributed by atoms with van der Waals surface area (Å²) in [4.78, 5) is 4.24. The van der Waals surface area contributed by atoms with Crippen molar-refractivity contribution < 1.29 is 9.13 Å². The minimum Gasteiger partial charge on any atom is -0.436 e. The van der Waals surface area contributed by atoms with E-state index < -0.39 is 5.82 Å². The lowest BCUT2D eigenvalue weighted by Crippen LogP contribution is -2.08. The lowest BCUT2D eigenvalue weighted by atomic mass is 10.2. The molecule has 1 heterocycles. The van der Waals surface area contributed by atoms with Gasteiger partial charge in [-0.05, 0) is 37.7 Å². The van der Waals surface area contributed by atoms with Gasteiger partial charge in [-0.1, -0.05) is 17.7 Å². The van der Waals surface area contributed by atoms with Crippen molar-refractivity contribution in [1.82, 2.24) is 10.3 Å². The molecule has 0 saturated heterocycles.